The molecule has 37 heavy (non-hydrogen) atoms. The second-order valence-corrected chi connectivity index (χ2v) is 8.60. The Morgan fingerprint density at radius 2 is 1.68 bits per heavy atom. The van der Waals surface area contributed by atoms with Gasteiger partial charge in [0.1, 0.15) is 18.1 Å². The molecule has 0 aliphatic carbocycles. The molecule has 1 amide bonds. The van der Waals surface area contributed by atoms with Crippen LogP contribution >= 0.6 is 0 Å². The van der Waals surface area contributed by atoms with Crippen molar-refractivity contribution in [1.29, 1.82) is 0 Å². The van der Waals surface area contributed by atoms with Gasteiger partial charge >= 0.3 is 0 Å². The van der Waals surface area contributed by atoms with Crippen LogP contribution in [0.2, 0.25) is 0 Å². The Kier molecular flexibility index (Phi) is 9.72. The number of ether oxygens (including phenoxy) is 3. The highest BCUT2D eigenvalue weighted by atomic mass is 16.6. The highest BCUT2D eigenvalue weighted by Gasteiger charge is 2.09. The number of nitrogens with one attached hydrogen (secondary N) is 1. The van der Waals surface area contributed by atoms with Crippen LogP contribution in [0.15, 0.2) is 95.7 Å². The van der Waals surface area contributed by atoms with Crippen LogP contribution in [0, 0.1) is 0 Å². The Morgan fingerprint density at radius 3 is 2.38 bits per heavy atom. The average Bonchev–Trinajstić information content (AvgIpc) is 2.96. The fraction of sp³-hybridized carbons (Fsp3) is 0.267. The molecular weight excluding hydrogens is 468 g/mol. The molecule has 4 rings (SSSR count). The van der Waals surface area contributed by atoms with E-state index in [1.165, 1.54) is 5.57 Å². The van der Waals surface area contributed by atoms with Gasteiger partial charge in [0.2, 0.25) is 0 Å². The monoisotopic (exact) mass is 500 g/mol. The molecule has 7 heteroatoms. The van der Waals surface area contributed by atoms with Crippen molar-refractivity contribution in [3.63, 3.8) is 0 Å². The van der Waals surface area contributed by atoms with Gasteiger partial charge in [-0.05, 0) is 47.4 Å². The third kappa shape index (κ3) is 8.51. The summed E-state index contributed by atoms with van der Waals surface area (Å²) in [7, 11) is 1.64. The molecule has 0 bridgehead atoms. The second kappa shape index (κ2) is 13.8. The third-order valence-corrected chi connectivity index (χ3v) is 5.91. The molecule has 0 saturated carbocycles. The van der Waals surface area contributed by atoms with Crippen molar-refractivity contribution in [1.82, 2.24) is 5.32 Å². The van der Waals surface area contributed by atoms with E-state index in [4.69, 9.17) is 19.0 Å². The van der Waals surface area contributed by atoms with Crippen LogP contribution in [0.3, 0.4) is 0 Å². The quantitative estimate of drug-likeness (QED) is 0.222. The van der Waals surface area contributed by atoms with Gasteiger partial charge in [0.25, 0.3) is 5.91 Å². The Labute approximate surface area is 217 Å². The van der Waals surface area contributed by atoms with Gasteiger partial charge in [-0.1, -0.05) is 71.4 Å². The van der Waals surface area contributed by atoms with Gasteiger partial charge in [-0.2, -0.15) is 0 Å². The van der Waals surface area contributed by atoms with E-state index in [9.17, 15) is 4.79 Å². The van der Waals surface area contributed by atoms with Crippen molar-refractivity contribution in [2.45, 2.75) is 19.4 Å². The number of oxime groups is 1. The number of nitrogens with zero attached hydrogens (tertiary/aromatic N) is 1. The van der Waals surface area contributed by atoms with Gasteiger partial charge < -0.3 is 24.4 Å². The summed E-state index contributed by atoms with van der Waals surface area (Å²) >= 11 is 0. The summed E-state index contributed by atoms with van der Waals surface area (Å²) in [5, 5.41) is 7.35. The molecule has 0 aromatic heterocycles. The predicted molar refractivity (Wildman–Crippen MR) is 143 cm³/mol. The zero-order chi connectivity index (χ0) is 25.7. The van der Waals surface area contributed by atoms with Gasteiger partial charge in [0.05, 0.1) is 26.0 Å². The molecule has 0 fully saturated rings. The van der Waals surface area contributed by atoms with E-state index in [2.05, 4.69) is 10.5 Å². The maximum atomic E-state index is 12.1. The third-order valence-electron chi connectivity index (χ3n) is 5.91. The van der Waals surface area contributed by atoms with E-state index in [-0.39, 0.29) is 12.5 Å². The van der Waals surface area contributed by atoms with Crippen molar-refractivity contribution in [3.8, 4) is 11.5 Å². The minimum Gasteiger partial charge on any atom is -0.497 e. The van der Waals surface area contributed by atoms with E-state index in [1.54, 1.807) is 7.11 Å². The topological polar surface area (TPSA) is 78.4 Å². The number of hydrogen-bond donors (Lipinski definition) is 1. The van der Waals surface area contributed by atoms with Crippen LogP contribution in [0.5, 0.6) is 11.5 Å². The first-order valence-electron chi connectivity index (χ1n) is 12.3. The lowest BCUT2D eigenvalue weighted by Crippen LogP contribution is -2.31. The van der Waals surface area contributed by atoms with Gasteiger partial charge in [-0.3, -0.25) is 4.79 Å². The summed E-state index contributed by atoms with van der Waals surface area (Å²) in [5.41, 5.74) is 5.07. The lowest BCUT2D eigenvalue weighted by atomic mass is 10.0. The van der Waals surface area contributed by atoms with E-state index in [0.717, 1.165) is 34.6 Å². The molecule has 1 N–H and O–H groups in total. The summed E-state index contributed by atoms with van der Waals surface area (Å²) in [6, 6.07) is 25.4. The lowest BCUT2D eigenvalue weighted by molar-refractivity contribution is -0.122. The number of hydrogen-bond acceptors (Lipinski definition) is 6. The summed E-state index contributed by atoms with van der Waals surface area (Å²) in [6.45, 7) is 2.18. The van der Waals surface area contributed by atoms with Crippen LogP contribution in [0.25, 0.3) is 0 Å². The zero-order valence-electron chi connectivity index (χ0n) is 21.0. The summed E-state index contributed by atoms with van der Waals surface area (Å²) in [5.74, 6) is 1.29. The number of amides is 1. The van der Waals surface area contributed by atoms with Crippen LogP contribution in [0.1, 0.15) is 23.1 Å². The fourth-order valence-corrected chi connectivity index (χ4v) is 3.76. The van der Waals surface area contributed by atoms with Crippen LogP contribution in [-0.2, 0) is 27.4 Å². The Morgan fingerprint density at radius 1 is 0.946 bits per heavy atom. The van der Waals surface area contributed by atoms with Gasteiger partial charge in [-0.15, -0.1) is 0 Å². The minimum atomic E-state index is -0.149. The fourth-order valence-electron chi connectivity index (χ4n) is 3.76. The van der Waals surface area contributed by atoms with E-state index in [1.807, 2.05) is 84.9 Å². The van der Waals surface area contributed by atoms with Gasteiger partial charge in [-0.25, -0.2) is 0 Å². The summed E-state index contributed by atoms with van der Waals surface area (Å²) < 4.78 is 16.1. The number of rotatable bonds is 12. The summed E-state index contributed by atoms with van der Waals surface area (Å²) in [4.78, 5) is 17.8. The van der Waals surface area contributed by atoms with Gasteiger partial charge in [0, 0.05) is 13.0 Å². The Balaban J connectivity index is 1.31. The molecule has 192 valence electrons. The number of benzene rings is 3. The molecule has 0 unspecified atom stereocenters. The maximum absolute atomic E-state index is 12.1. The van der Waals surface area contributed by atoms with Crippen molar-refractivity contribution >= 4 is 11.6 Å². The largest absolute Gasteiger partial charge is 0.497 e. The molecule has 0 atom stereocenters. The van der Waals surface area contributed by atoms with E-state index < -0.39 is 0 Å². The first-order chi connectivity index (χ1) is 18.2. The first kappa shape index (κ1) is 26.0. The number of carbonyl (C=O) groups is 1. The molecule has 3 aromatic rings. The Bertz CT molecular complexity index is 1190. The standard InChI is InChI=1S/C30H32N2O5/c1-34-27-11-9-25(10-12-27)21-37-32-29(26-5-3-2-4-6-26)19-23-7-13-28(14-8-23)36-22-30(33)31-20-24-15-17-35-18-16-24/h2-15H,16-22H2,1H3,(H,31,33). The molecule has 1 heterocycles. The molecular formula is C30H32N2O5. The van der Waals surface area contributed by atoms with E-state index in [0.29, 0.717) is 38.5 Å². The molecule has 3 aromatic carbocycles. The van der Waals surface area contributed by atoms with Crippen LogP contribution in [-0.4, -0.2) is 45.1 Å². The summed E-state index contributed by atoms with van der Waals surface area (Å²) in [6.07, 6.45) is 3.45. The SMILES string of the molecule is COc1ccc(CON=C(Cc2ccc(OCC(=O)NCC3=CCOCC3)cc2)c2ccccc2)cc1. The van der Waals surface area contributed by atoms with Crippen molar-refractivity contribution < 1.29 is 23.8 Å². The molecule has 0 saturated heterocycles. The number of methoxy groups -OCH3 is 1. The van der Waals surface area contributed by atoms with Crippen LogP contribution in [0.4, 0.5) is 0 Å². The maximum Gasteiger partial charge on any atom is 0.258 e. The van der Waals surface area contributed by atoms with E-state index >= 15 is 0 Å². The highest BCUT2D eigenvalue weighted by molar-refractivity contribution is 6.01. The molecule has 1 aliphatic rings. The predicted octanol–water partition coefficient (Wildman–Crippen LogP) is 4.70. The first-order valence-corrected chi connectivity index (χ1v) is 12.3. The normalized spacial score (nSPS) is 13.4. The molecule has 0 spiro atoms. The van der Waals surface area contributed by atoms with Crippen molar-refractivity contribution in [3.05, 3.63) is 107 Å². The van der Waals surface area contributed by atoms with Gasteiger partial charge in [0.15, 0.2) is 6.61 Å². The molecule has 7 nitrogen and oxygen atoms in total. The molecule has 0 radical (unpaired) electrons. The van der Waals surface area contributed by atoms with Crippen molar-refractivity contribution in [2.75, 3.05) is 33.5 Å². The lowest BCUT2D eigenvalue weighted by Gasteiger charge is -2.14. The Hall–Kier alpha value is -4.10. The number of carbonyl (C=O) groups excluding carboxylic acids is 1. The average molecular weight is 501 g/mol. The molecule has 1 aliphatic heterocycles. The smallest absolute Gasteiger partial charge is 0.258 e. The highest BCUT2D eigenvalue weighted by Crippen LogP contribution is 2.16. The second-order valence-electron chi connectivity index (χ2n) is 8.60. The van der Waals surface area contributed by atoms with Crippen LogP contribution < -0.4 is 14.8 Å². The zero-order valence-corrected chi connectivity index (χ0v) is 21.0. The minimum absolute atomic E-state index is 0.0287. The van der Waals surface area contributed by atoms with Crippen molar-refractivity contribution in [2.24, 2.45) is 5.16 Å².